The molecule has 0 bridgehead atoms. The van der Waals surface area contributed by atoms with Crippen molar-refractivity contribution in [3.05, 3.63) is 53.1 Å². The van der Waals surface area contributed by atoms with Crippen LogP contribution in [0.2, 0.25) is 0 Å². The Balaban J connectivity index is 0.966. The van der Waals surface area contributed by atoms with Crippen molar-refractivity contribution in [2.24, 2.45) is 0 Å². The van der Waals surface area contributed by atoms with Crippen molar-refractivity contribution in [1.29, 1.82) is 0 Å². The summed E-state index contributed by atoms with van der Waals surface area (Å²) < 4.78 is 12.5. The summed E-state index contributed by atoms with van der Waals surface area (Å²) in [5.41, 5.74) is 3.67. The molecular weight excluding hydrogens is 490 g/mol. The number of aromatic amines is 1. The van der Waals surface area contributed by atoms with E-state index in [4.69, 9.17) is 9.26 Å². The lowest BCUT2D eigenvalue weighted by atomic mass is 10.2. The number of fused-ring (bicyclic) bond motifs is 2. The summed E-state index contributed by atoms with van der Waals surface area (Å²) >= 11 is 1.67. The van der Waals surface area contributed by atoms with Gasteiger partial charge in [-0.2, -0.15) is 4.98 Å². The number of aliphatic hydroxyl groups excluding tert-OH is 1. The van der Waals surface area contributed by atoms with Gasteiger partial charge in [-0.3, -0.25) is 9.80 Å². The van der Waals surface area contributed by atoms with E-state index in [-0.39, 0.29) is 6.61 Å². The zero-order chi connectivity index (χ0) is 25.4. The molecule has 1 fully saturated rings. The van der Waals surface area contributed by atoms with Gasteiger partial charge < -0.3 is 19.4 Å². The first kappa shape index (κ1) is 24.0. The molecule has 0 radical (unpaired) electrons. The minimum atomic E-state index is -0.560. The van der Waals surface area contributed by atoms with Gasteiger partial charge in [0.15, 0.2) is 5.82 Å². The van der Waals surface area contributed by atoms with Crippen LogP contribution in [0.3, 0.4) is 0 Å². The van der Waals surface area contributed by atoms with Crippen LogP contribution in [0.25, 0.3) is 32.7 Å². The molecule has 1 saturated heterocycles. The normalized spacial score (nSPS) is 16.1. The van der Waals surface area contributed by atoms with E-state index in [0.717, 1.165) is 69.6 Å². The van der Waals surface area contributed by atoms with E-state index in [1.54, 1.807) is 11.3 Å². The standard InChI is InChI=1S/C26H29N7O3S/c1-16-27-21-5-3-18(11-22(21)28-16)26-30-25(31-36-26)14-33-9-7-32(8-10-33)13-19(34)15-35-20-4-6-24-23(12-20)29-17(2)37-24/h3-6,11-12,19,34H,7-10,13-15H2,1-2H3,(H,27,28)/t19-/m0/s1. The molecule has 0 unspecified atom stereocenters. The lowest BCUT2D eigenvalue weighted by Gasteiger charge is -2.34. The Morgan fingerprint density at radius 1 is 1.03 bits per heavy atom. The lowest BCUT2D eigenvalue weighted by Crippen LogP contribution is -2.48. The quantitative estimate of drug-likeness (QED) is 0.318. The van der Waals surface area contributed by atoms with E-state index >= 15 is 0 Å². The third-order valence-corrected chi connectivity index (χ3v) is 7.48. The number of thiazole rings is 1. The van der Waals surface area contributed by atoms with Crippen LogP contribution in [0.4, 0.5) is 0 Å². The Morgan fingerprint density at radius 2 is 1.86 bits per heavy atom. The van der Waals surface area contributed by atoms with Gasteiger partial charge in [-0.25, -0.2) is 9.97 Å². The first-order chi connectivity index (χ1) is 18.0. The van der Waals surface area contributed by atoms with Crippen LogP contribution in [0.1, 0.15) is 16.7 Å². The number of H-pyrrole nitrogens is 1. The van der Waals surface area contributed by atoms with Crippen molar-refractivity contribution in [3.8, 4) is 17.2 Å². The molecule has 2 N–H and O–H groups in total. The lowest BCUT2D eigenvalue weighted by molar-refractivity contribution is 0.0440. The predicted molar refractivity (Wildman–Crippen MR) is 142 cm³/mol. The van der Waals surface area contributed by atoms with Crippen molar-refractivity contribution in [1.82, 2.24) is 34.9 Å². The molecule has 2 aromatic carbocycles. The number of aromatic nitrogens is 5. The van der Waals surface area contributed by atoms with Gasteiger partial charge in [0, 0.05) is 44.4 Å². The van der Waals surface area contributed by atoms with Gasteiger partial charge in [0.25, 0.3) is 5.89 Å². The summed E-state index contributed by atoms with van der Waals surface area (Å²) in [5.74, 6) is 2.78. The molecule has 1 atom stereocenters. The molecule has 0 spiro atoms. The molecule has 0 saturated carbocycles. The molecule has 6 rings (SSSR count). The van der Waals surface area contributed by atoms with Crippen LogP contribution in [0.15, 0.2) is 40.9 Å². The zero-order valence-corrected chi connectivity index (χ0v) is 21.7. The Morgan fingerprint density at radius 3 is 2.73 bits per heavy atom. The number of hydrogen-bond acceptors (Lipinski definition) is 10. The number of ether oxygens (including phenoxy) is 1. The number of benzene rings is 2. The van der Waals surface area contributed by atoms with E-state index < -0.39 is 6.10 Å². The van der Waals surface area contributed by atoms with Crippen LogP contribution >= 0.6 is 11.3 Å². The number of nitrogens with zero attached hydrogens (tertiary/aromatic N) is 6. The summed E-state index contributed by atoms with van der Waals surface area (Å²) in [4.78, 5) is 21.4. The second-order valence-electron chi connectivity index (χ2n) is 9.47. The topological polar surface area (TPSA) is 116 Å². The Bertz CT molecular complexity index is 1520. The van der Waals surface area contributed by atoms with Crippen LogP contribution in [0.5, 0.6) is 5.75 Å². The van der Waals surface area contributed by atoms with Gasteiger partial charge in [-0.05, 0) is 44.2 Å². The van der Waals surface area contributed by atoms with E-state index in [2.05, 4.69) is 34.9 Å². The van der Waals surface area contributed by atoms with Gasteiger partial charge >= 0.3 is 0 Å². The molecule has 0 aliphatic carbocycles. The monoisotopic (exact) mass is 519 g/mol. The van der Waals surface area contributed by atoms with Gasteiger partial charge in [0.1, 0.15) is 24.3 Å². The van der Waals surface area contributed by atoms with Crippen molar-refractivity contribution in [2.45, 2.75) is 26.5 Å². The molecule has 11 heteroatoms. The third-order valence-electron chi connectivity index (χ3n) is 6.52. The number of rotatable bonds is 8. The average Bonchev–Trinajstić information content (AvgIpc) is 3.60. The van der Waals surface area contributed by atoms with Crippen molar-refractivity contribution in [3.63, 3.8) is 0 Å². The highest BCUT2D eigenvalue weighted by molar-refractivity contribution is 7.18. The molecular formula is C26H29N7O3S. The maximum atomic E-state index is 10.5. The number of aliphatic hydroxyl groups is 1. The maximum absolute atomic E-state index is 10.5. The molecule has 37 heavy (non-hydrogen) atoms. The minimum Gasteiger partial charge on any atom is -0.491 e. The number of imidazole rings is 1. The van der Waals surface area contributed by atoms with E-state index in [0.29, 0.717) is 24.8 Å². The van der Waals surface area contributed by atoms with E-state index in [1.165, 1.54) is 0 Å². The molecule has 10 nitrogen and oxygen atoms in total. The number of piperazine rings is 1. The third kappa shape index (κ3) is 5.49. The average molecular weight is 520 g/mol. The summed E-state index contributed by atoms with van der Waals surface area (Å²) in [6.45, 7) is 8.86. The molecule has 0 amide bonds. The Labute approximate surface area is 217 Å². The molecule has 1 aliphatic heterocycles. The molecule has 4 heterocycles. The van der Waals surface area contributed by atoms with Crippen LogP contribution in [0, 0.1) is 13.8 Å². The fourth-order valence-corrected chi connectivity index (χ4v) is 5.49. The van der Waals surface area contributed by atoms with Crippen LogP contribution in [-0.4, -0.2) is 85.4 Å². The second kappa shape index (κ2) is 10.2. The smallest absolute Gasteiger partial charge is 0.258 e. The molecule has 3 aromatic heterocycles. The minimum absolute atomic E-state index is 0.254. The van der Waals surface area contributed by atoms with Gasteiger partial charge in [-0.1, -0.05) is 5.16 Å². The summed E-state index contributed by atoms with van der Waals surface area (Å²) in [6.07, 6.45) is -0.560. The fourth-order valence-electron chi connectivity index (χ4n) is 4.69. The summed E-state index contributed by atoms with van der Waals surface area (Å²) in [5, 5.41) is 15.7. The van der Waals surface area contributed by atoms with Gasteiger partial charge in [-0.15, -0.1) is 11.3 Å². The largest absolute Gasteiger partial charge is 0.491 e. The van der Waals surface area contributed by atoms with E-state index in [9.17, 15) is 5.11 Å². The highest BCUT2D eigenvalue weighted by Crippen LogP contribution is 2.26. The van der Waals surface area contributed by atoms with Crippen molar-refractivity contribution >= 4 is 32.6 Å². The summed E-state index contributed by atoms with van der Waals surface area (Å²) in [7, 11) is 0. The zero-order valence-electron chi connectivity index (χ0n) is 20.8. The van der Waals surface area contributed by atoms with Gasteiger partial charge in [0.05, 0.1) is 32.8 Å². The number of nitrogens with one attached hydrogen (secondary N) is 1. The van der Waals surface area contributed by atoms with Crippen LogP contribution in [-0.2, 0) is 6.54 Å². The van der Waals surface area contributed by atoms with Gasteiger partial charge in [0.2, 0.25) is 0 Å². The first-order valence-electron chi connectivity index (χ1n) is 12.4. The second-order valence-corrected chi connectivity index (χ2v) is 10.7. The predicted octanol–water partition coefficient (Wildman–Crippen LogP) is 3.40. The van der Waals surface area contributed by atoms with E-state index in [1.807, 2.05) is 50.2 Å². The SMILES string of the molecule is Cc1nc2cc(-c3nc(CN4CCN(C[C@H](O)COc5ccc6sc(C)nc6c5)CC4)no3)ccc2[nH]1. The number of β-amino-alcohol motifs (C(OH)–C–C–N with tert-alkyl or cyclic N) is 1. The van der Waals surface area contributed by atoms with Crippen molar-refractivity contribution in [2.75, 3.05) is 39.3 Å². The molecule has 192 valence electrons. The highest BCUT2D eigenvalue weighted by atomic mass is 32.1. The summed E-state index contributed by atoms with van der Waals surface area (Å²) in [6, 6.07) is 11.8. The highest BCUT2D eigenvalue weighted by Gasteiger charge is 2.21. The first-order valence-corrected chi connectivity index (χ1v) is 13.2. The van der Waals surface area contributed by atoms with Crippen LogP contribution < -0.4 is 4.74 Å². The maximum Gasteiger partial charge on any atom is 0.258 e. The molecule has 5 aromatic rings. The van der Waals surface area contributed by atoms with Crippen molar-refractivity contribution < 1.29 is 14.4 Å². The number of aryl methyl sites for hydroxylation is 2. The fraction of sp³-hybridized carbons (Fsp3) is 0.385. The Hall–Kier alpha value is -3.38. The Kier molecular flexibility index (Phi) is 6.59. The number of hydrogen-bond donors (Lipinski definition) is 2. The molecule has 1 aliphatic rings.